The van der Waals surface area contributed by atoms with Crippen LogP contribution in [0.4, 0.5) is 0 Å². The molecule has 1 atom stereocenters. The van der Waals surface area contributed by atoms with Crippen LogP contribution in [0.25, 0.3) is 0 Å². The van der Waals surface area contributed by atoms with Crippen LogP contribution in [-0.2, 0) is 0 Å². The van der Waals surface area contributed by atoms with Crippen LogP contribution < -0.4 is 0 Å². The molecular weight excluding hydrogens is 208 g/mol. The summed E-state index contributed by atoms with van der Waals surface area (Å²) in [6.45, 7) is 8.02. The summed E-state index contributed by atoms with van der Waals surface area (Å²) in [5, 5.41) is 0.682. The van der Waals surface area contributed by atoms with Crippen molar-refractivity contribution in [3.05, 3.63) is 34.3 Å². The summed E-state index contributed by atoms with van der Waals surface area (Å²) in [5.74, 6) is 0.636. The van der Waals surface area contributed by atoms with Gasteiger partial charge in [-0.1, -0.05) is 32.4 Å². The molecule has 1 nitrogen and oxygen atoms in total. The fourth-order valence-electron chi connectivity index (χ4n) is 1.45. The number of hydrogen-bond acceptors (Lipinski definition) is 1. The first-order valence-electron chi connectivity index (χ1n) is 5.24. The number of hydrogen-bond donors (Lipinski definition) is 0. The molecule has 15 heavy (non-hydrogen) atoms. The van der Waals surface area contributed by atoms with E-state index in [1.54, 1.807) is 6.07 Å². The highest BCUT2D eigenvalue weighted by atomic mass is 35.5. The summed E-state index contributed by atoms with van der Waals surface area (Å²) in [6, 6.07) is 5.43. The first-order valence-corrected chi connectivity index (χ1v) is 5.61. The molecule has 0 spiro atoms. The number of carbonyl (C=O) groups is 1. The van der Waals surface area contributed by atoms with Crippen LogP contribution in [0.2, 0.25) is 5.02 Å². The molecule has 82 valence electrons. The Hall–Kier alpha value is -0.820. The molecule has 0 aliphatic carbocycles. The summed E-state index contributed by atoms with van der Waals surface area (Å²) < 4.78 is 0. The van der Waals surface area contributed by atoms with E-state index >= 15 is 0 Å². The highest BCUT2D eigenvalue weighted by molar-refractivity contribution is 6.30. The minimum Gasteiger partial charge on any atom is -0.294 e. The molecule has 1 aromatic rings. The summed E-state index contributed by atoms with van der Waals surface area (Å²) in [4.78, 5) is 12.1. The van der Waals surface area contributed by atoms with Gasteiger partial charge in [-0.05, 0) is 36.6 Å². The monoisotopic (exact) mass is 224 g/mol. The lowest BCUT2D eigenvalue weighted by Gasteiger charge is -2.15. The van der Waals surface area contributed by atoms with Gasteiger partial charge in [-0.25, -0.2) is 0 Å². The van der Waals surface area contributed by atoms with Crippen molar-refractivity contribution in [1.82, 2.24) is 0 Å². The molecule has 0 saturated heterocycles. The number of ketones is 1. The van der Waals surface area contributed by atoms with Crippen LogP contribution in [0.5, 0.6) is 0 Å². The average molecular weight is 225 g/mol. The minimum atomic E-state index is 0.0601. The summed E-state index contributed by atoms with van der Waals surface area (Å²) in [6.07, 6.45) is 0. The summed E-state index contributed by atoms with van der Waals surface area (Å²) in [5.41, 5.74) is 1.75. The number of rotatable bonds is 3. The van der Waals surface area contributed by atoms with E-state index in [2.05, 4.69) is 13.8 Å². The van der Waals surface area contributed by atoms with Crippen molar-refractivity contribution in [3.63, 3.8) is 0 Å². The van der Waals surface area contributed by atoms with Gasteiger partial charge in [-0.15, -0.1) is 0 Å². The zero-order chi connectivity index (χ0) is 11.6. The Bertz CT molecular complexity index is 369. The SMILES string of the molecule is Cc1cc(Cl)ccc1C(=O)C(C)C(C)C. The predicted octanol–water partition coefficient (Wildman–Crippen LogP) is 4.12. The Kier molecular flexibility index (Phi) is 3.92. The van der Waals surface area contributed by atoms with Gasteiger partial charge in [0.15, 0.2) is 5.78 Å². The van der Waals surface area contributed by atoms with E-state index in [4.69, 9.17) is 11.6 Å². The van der Waals surface area contributed by atoms with Crippen LogP contribution in [0, 0.1) is 18.8 Å². The fourth-order valence-corrected chi connectivity index (χ4v) is 1.68. The van der Waals surface area contributed by atoms with Gasteiger partial charge < -0.3 is 0 Å². The number of halogens is 1. The molecule has 0 radical (unpaired) electrons. The molecule has 0 amide bonds. The van der Waals surface area contributed by atoms with E-state index in [1.807, 2.05) is 26.0 Å². The maximum Gasteiger partial charge on any atom is 0.166 e. The van der Waals surface area contributed by atoms with Crippen molar-refractivity contribution in [2.24, 2.45) is 11.8 Å². The third-order valence-corrected chi connectivity index (χ3v) is 3.10. The Balaban J connectivity index is 3.01. The summed E-state index contributed by atoms with van der Waals surface area (Å²) in [7, 11) is 0. The second-order valence-electron chi connectivity index (χ2n) is 4.36. The van der Waals surface area contributed by atoms with Gasteiger partial charge in [-0.2, -0.15) is 0 Å². The first-order chi connectivity index (χ1) is 6.93. The maximum absolute atomic E-state index is 12.1. The Morgan fingerprint density at radius 3 is 2.33 bits per heavy atom. The second kappa shape index (κ2) is 4.80. The van der Waals surface area contributed by atoms with E-state index in [1.165, 1.54) is 0 Å². The van der Waals surface area contributed by atoms with Crippen LogP contribution in [0.1, 0.15) is 36.7 Å². The third kappa shape index (κ3) is 2.82. The van der Waals surface area contributed by atoms with Crippen LogP contribution in [0.3, 0.4) is 0 Å². The smallest absolute Gasteiger partial charge is 0.166 e. The third-order valence-electron chi connectivity index (χ3n) is 2.87. The number of benzene rings is 1. The molecule has 0 N–H and O–H groups in total. The second-order valence-corrected chi connectivity index (χ2v) is 4.79. The van der Waals surface area contributed by atoms with Crippen LogP contribution >= 0.6 is 11.6 Å². The molecule has 0 heterocycles. The van der Waals surface area contributed by atoms with Gasteiger partial charge in [0.25, 0.3) is 0 Å². The van der Waals surface area contributed by atoms with Crippen LogP contribution in [0.15, 0.2) is 18.2 Å². The first kappa shape index (κ1) is 12.3. The summed E-state index contributed by atoms with van der Waals surface area (Å²) >= 11 is 5.85. The number of carbonyl (C=O) groups excluding carboxylic acids is 1. The lowest BCUT2D eigenvalue weighted by Crippen LogP contribution is -2.17. The van der Waals surface area contributed by atoms with E-state index in [9.17, 15) is 4.79 Å². The zero-order valence-corrected chi connectivity index (χ0v) is 10.4. The van der Waals surface area contributed by atoms with Gasteiger partial charge in [-0.3, -0.25) is 4.79 Å². The molecular formula is C13H17ClO. The van der Waals surface area contributed by atoms with Gasteiger partial charge in [0, 0.05) is 16.5 Å². The van der Waals surface area contributed by atoms with E-state index in [-0.39, 0.29) is 11.7 Å². The molecule has 2 heteroatoms. The zero-order valence-electron chi connectivity index (χ0n) is 9.67. The topological polar surface area (TPSA) is 17.1 Å². The number of aryl methyl sites for hydroxylation is 1. The van der Waals surface area contributed by atoms with Gasteiger partial charge in [0.2, 0.25) is 0 Å². The highest BCUT2D eigenvalue weighted by Crippen LogP contribution is 2.21. The van der Waals surface area contributed by atoms with Crippen molar-refractivity contribution >= 4 is 17.4 Å². The van der Waals surface area contributed by atoms with Gasteiger partial charge in [0.05, 0.1) is 0 Å². The van der Waals surface area contributed by atoms with Crippen LogP contribution in [-0.4, -0.2) is 5.78 Å². The normalized spacial score (nSPS) is 12.9. The minimum absolute atomic E-state index is 0.0601. The van der Waals surface area contributed by atoms with E-state index in [0.29, 0.717) is 10.9 Å². The molecule has 0 aromatic heterocycles. The van der Waals surface area contributed by atoms with Crippen molar-refractivity contribution in [1.29, 1.82) is 0 Å². The van der Waals surface area contributed by atoms with Gasteiger partial charge in [0.1, 0.15) is 0 Å². The van der Waals surface area contributed by atoms with E-state index < -0.39 is 0 Å². The van der Waals surface area contributed by atoms with E-state index in [0.717, 1.165) is 11.1 Å². The molecule has 1 rings (SSSR count). The molecule has 0 aliphatic rings. The molecule has 0 saturated carbocycles. The Labute approximate surface area is 96.5 Å². The largest absolute Gasteiger partial charge is 0.294 e. The Morgan fingerprint density at radius 2 is 1.87 bits per heavy atom. The maximum atomic E-state index is 12.1. The standard InChI is InChI=1S/C13H17ClO/c1-8(2)10(4)13(15)12-6-5-11(14)7-9(12)3/h5-8,10H,1-4H3. The molecule has 1 unspecified atom stereocenters. The van der Waals surface area contributed by atoms with Crippen molar-refractivity contribution in [2.75, 3.05) is 0 Å². The predicted molar refractivity (Wildman–Crippen MR) is 64.5 cm³/mol. The lowest BCUT2D eigenvalue weighted by molar-refractivity contribution is 0.0899. The average Bonchev–Trinajstić information content (AvgIpc) is 2.15. The van der Waals surface area contributed by atoms with Crippen molar-refractivity contribution < 1.29 is 4.79 Å². The quantitative estimate of drug-likeness (QED) is 0.706. The highest BCUT2D eigenvalue weighted by Gasteiger charge is 2.19. The number of Topliss-reactive ketones (excluding diaryl/α,β-unsaturated/α-hetero) is 1. The van der Waals surface area contributed by atoms with Crippen molar-refractivity contribution in [2.45, 2.75) is 27.7 Å². The Morgan fingerprint density at radius 1 is 1.27 bits per heavy atom. The van der Waals surface area contributed by atoms with Gasteiger partial charge >= 0.3 is 0 Å². The molecule has 0 fully saturated rings. The molecule has 1 aromatic carbocycles. The fraction of sp³-hybridized carbons (Fsp3) is 0.462. The molecule has 0 aliphatic heterocycles. The molecule has 0 bridgehead atoms. The van der Waals surface area contributed by atoms with Crippen molar-refractivity contribution in [3.8, 4) is 0 Å². The lowest BCUT2D eigenvalue weighted by atomic mass is 9.88.